The van der Waals surface area contributed by atoms with Crippen LogP contribution in [0, 0.1) is 0 Å². The van der Waals surface area contributed by atoms with Crippen molar-refractivity contribution in [2.45, 2.75) is 32.0 Å². The number of piperidine rings is 1. The topological polar surface area (TPSA) is 87.2 Å². The molecule has 0 aromatic rings. The van der Waals surface area contributed by atoms with Gasteiger partial charge in [0, 0.05) is 13.1 Å². The van der Waals surface area contributed by atoms with Crippen LogP contribution in [0.5, 0.6) is 0 Å². The minimum atomic E-state index is -5.14. The zero-order valence-electron chi connectivity index (χ0n) is 11.9. The molecule has 0 saturated carbocycles. The molecule has 1 atom stereocenters. The van der Waals surface area contributed by atoms with E-state index in [4.69, 9.17) is 5.11 Å². The van der Waals surface area contributed by atoms with Crippen molar-refractivity contribution in [3.05, 3.63) is 0 Å². The van der Waals surface area contributed by atoms with Gasteiger partial charge in [-0.3, -0.25) is 9.59 Å². The molecular formula is C12H17F3N2O5. The van der Waals surface area contributed by atoms with Crippen LogP contribution in [0.3, 0.4) is 0 Å². The Labute approximate surface area is 124 Å². The smallest absolute Gasteiger partial charge is 0.465 e. The molecule has 1 heterocycles. The first-order valence-corrected chi connectivity index (χ1v) is 6.68. The van der Waals surface area contributed by atoms with E-state index in [-0.39, 0.29) is 26.1 Å². The highest BCUT2D eigenvalue weighted by Gasteiger charge is 2.46. The average molecular weight is 326 g/mol. The van der Waals surface area contributed by atoms with E-state index >= 15 is 0 Å². The number of hydrogen-bond donors (Lipinski definition) is 1. The fourth-order valence-electron chi connectivity index (χ4n) is 2.26. The van der Waals surface area contributed by atoms with E-state index < -0.39 is 36.7 Å². The maximum atomic E-state index is 12.7. The summed E-state index contributed by atoms with van der Waals surface area (Å²) in [6, 6.07) is -1.01. The van der Waals surface area contributed by atoms with E-state index in [9.17, 15) is 27.6 Å². The molecule has 1 fully saturated rings. The molecule has 0 radical (unpaired) electrons. The number of amides is 2. The minimum Gasteiger partial charge on any atom is -0.465 e. The van der Waals surface area contributed by atoms with E-state index in [1.807, 2.05) is 0 Å². The number of hydrogen-bond acceptors (Lipinski definition) is 4. The first-order valence-electron chi connectivity index (χ1n) is 6.68. The molecule has 0 unspecified atom stereocenters. The highest BCUT2D eigenvalue weighted by molar-refractivity contribution is 5.86. The van der Waals surface area contributed by atoms with Gasteiger partial charge in [0.1, 0.15) is 6.54 Å². The maximum Gasteiger partial charge on any atom is 0.471 e. The molecule has 10 heteroatoms. The first-order chi connectivity index (χ1) is 10.2. The summed E-state index contributed by atoms with van der Waals surface area (Å²) in [5.41, 5.74) is 0. The largest absolute Gasteiger partial charge is 0.471 e. The van der Waals surface area contributed by atoms with Gasteiger partial charge < -0.3 is 19.6 Å². The number of carbonyl (C=O) groups is 3. The molecule has 0 spiro atoms. The van der Waals surface area contributed by atoms with Crippen molar-refractivity contribution in [1.29, 1.82) is 0 Å². The molecule has 1 aliphatic rings. The summed E-state index contributed by atoms with van der Waals surface area (Å²) >= 11 is 0. The third-order valence-corrected chi connectivity index (χ3v) is 3.22. The predicted molar refractivity (Wildman–Crippen MR) is 67.0 cm³/mol. The van der Waals surface area contributed by atoms with Gasteiger partial charge >= 0.3 is 24.1 Å². The molecule has 1 N–H and O–H groups in total. The lowest BCUT2D eigenvalue weighted by molar-refractivity contribution is -0.190. The minimum absolute atomic E-state index is 0.0290. The Balaban J connectivity index is 2.91. The molecule has 1 rings (SSSR count). The van der Waals surface area contributed by atoms with Crippen LogP contribution in [-0.4, -0.2) is 71.3 Å². The van der Waals surface area contributed by atoms with Crippen molar-refractivity contribution in [3.63, 3.8) is 0 Å². The number of esters is 1. The molecule has 0 aromatic heterocycles. The fourth-order valence-corrected chi connectivity index (χ4v) is 2.26. The second-order valence-electron chi connectivity index (χ2n) is 4.76. The molecule has 126 valence electrons. The molecule has 0 bridgehead atoms. The number of ether oxygens (including phenoxy) is 1. The lowest BCUT2D eigenvalue weighted by atomic mass is 10.0. The number of halogens is 3. The number of nitrogens with zero attached hydrogens (tertiary/aromatic N) is 2. The number of alkyl halides is 3. The number of rotatable bonds is 4. The second-order valence-corrected chi connectivity index (χ2v) is 4.76. The van der Waals surface area contributed by atoms with E-state index in [1.54, 1.807) is 0 Å². The van der Waals surface area contributed by atoms with Crippen molar-refractivity contribution in [3.8, 4) is 0 Å². The summed E-state index contributed by atoms with van der Waals surface area (Å²) in [7, 11) is 0. The molecular weight excluding hydrogens is 309 g/mol. The summed E-state index contributed by atoms with van der Waals surface area (Å²) < 4.78 is 42.6. The van der Waals surface area contributed by atoms with Crippen molar-refractivity contribution in [2.24, 2.45) is 0 Å². The zero-order valence-corrected chi connectivity index (χ0v) is 11.9. The van der Waals surface area contributed by atoms with Crippen LogP contribution >= 0.6 is 0 Å². The fraction of sp³-hybridized carbons (Fsp3) is 0.750. The van der Waals surface area contributed by atoms with Gasteiger partial charge in [-0.05, 0) is 19.8 Å². The Hall–Kier alpha value is -2.00. The van der Waals surface area contributed by atoms with Crippen LogP contribution < -0.4 is 0 Å². The van der Waals surface area contributed by atoms with Crippen LogP contribution in [0.1, 0.15) is 19.8 Å². The van der Waals surface area contributed by atoms with Crippen LogP contribution in [0.4, 0.5) is 18.0 Å². The average Bonchev–Trinajstić information content (AvgIpc) is 2.43. The predicted octanol–water partition coefficient (Wildman–Crippen LogP) is 1.08. The summed E-state index contributed by atoms with van der Waals surface area (Å²) in [6.45, 7) is 0.513. The monoisotopic (exact) mass is 326 g/mol. The van der Waals surface area contributed by atoms with Gasteiger partial charge in [-0.25, -0.2) is 4.79 Å². The van der Waals surface area contributed by atoms with Gasteiger partial charge in [-0.1, -0.05) is 0 Å². The molecule has 7 nitrogen and oxygen atoms in total. The molecule has 1 aliphatic heterocycles. The summed E-state index contributed by atoms with van der Waals surface area (Å²) in [4.78, 5) is 35.1. The number of likely N-dealkylation sites (tertiary alicyclic amines) is 1. The van der Waals surface area contributed by atoms with Crippen LogP contribution in [0.25, 0.3) is 0 Å². The summed E-state index contributed by atoms with van der Waals surface area (Å²) in [5, 5.41) is 8.91. The molecule has 0 aliphatic carbocycles. The highest BCUT2D eigenvalue weighted by Crippen LogP contribution is 2.24. The first kappa shape index (κ1) is 18.1. The zero-order chi connectivity index (χ0) is 16.9. The normalized spacial score (nSPS) is 18.7. The third-order valence-electron chi connectivity index (χ3n) is 3.22. The van der Waals surface area contributed by atoms with Gasteiger partial charge in [0.05, 0.1) is 12.6 Å². The van der Waals surface area contributed by atoms with Gasteiger partial charge in [-0.2, -0.15) is 13.2 Å². The van der Waals surface area contributed by atoms with Crippen LogP contribution in [0.2, 0.25) is 0 Å². The van der Waals surface area contributed by atoms with Gasteiger partial charge in [0.25, 0.3) is 0 Å². The lowest BCUT2D eigenvalue weighted by Crippen LogP contribution is -2.55. The van der Waals surface area contributed by atoms with Crippen LogP contribution in [0.15, 0.2) is 0 Å². The Bertz CT molecular complexity index is 441. The summed E-state index contributed by atoms with van der Waals surface area (Å²) in [5.74, 6) is -3.13. The van der Waals surface area contributed by atoms with Crippen LogP contribution in [-0.2, 0) is 14.3 Å². The van der Waals surface area contributed by atoms with E-state index in [2.05, 4.69) is 4.74 Å². The number of carboxylic acid groups (broad SMARTS) is 1. The van der Waals surface area contributed by atoms with E-state index in [0.717, 1.165) is 4.90 Å². The van der Waals surface area contributed by atoms with Crippen molar-refractivity contribution in [2.75, 3.05) is 26.2 Å². The Kier molecular flexibility index (Phi) is 6.01. The van der Waals surface area contributed by atoms with E-state index in [0.29, 0.717) is 11.3 Å². The quantitative estimate of drug-likeness (QED) is 0.781. The summed E-state index contributed by atoms with van der Waals surface area (Å²) in [6.07, 6.45) is -5.93. The highest BCUT2D eigenvalue weighted by atomic mass is 19.4. The Morgan fingerprint density at radius 1 is 1.36 bits per heavy atom. The SMILES string of the molecule is CCOC(=O)CN(C(=O)C(F)(F)F)[C@H]1CCCN(C(=O)O)C1. The van der Waals surface area contributed by atoms with Gasteiger partial charge in [0.15, 0.2) is 0 Å². The van der Waals surface area contributed by atoms with E-state index in [1.165, 1.54) is 6.92 Å². The standard InChI is InChI=1S/C12H17F3N2O5/c1-2-22-9(18)7-17(10(19)12(13,14)15)8-4-3-5-16(6-8)11(20)21/h8H,2-7H2,1H3,(H,20,21)/t8-/m0/s1. The number of carbonyl (C=O) groups excluding carboxylic acids is 2. The van der Waals surface area contributed by atoms with Gasteiger partial charge in [-0.15, -0.1) is 0 Å². The molecule has 2 amide bonds. The van der Waals surface area contributed by atoms with Gasteiger partial charge in [0.2, 0.25) is 0 Å². The Morgan fingerprint density at radius 3 is 2.50 bits per heavy atom. The third kappa shape index (κ3) is 4.78. The molecule has 1 saturated heterocycles. The molecule has 22 heavy (non-hydrogen) atoms. The Morgan fingerprint density at radius 2 is 2.00 bits per heavy atom. The molecule has 0 aromatic carbocycles. The maximum absolute atomic E-state index is 12.7. The lowest BCUT2D eigenvalue weighted by Gasteiger charge is -2.37. The van der Waals surface area contributed by atoms with Crippen molar-refractivity contribution in [1.82, 2.24) is 9.80 Å². The van der Waals surface area contributed by atoms with Crippen molar-refractivity contribution < 1.29 is 37.4 Å². The van der Waals surface area contributed by atoms with Crippen molar-refractivity contribution >= 4 is 18.0 Å². The second kappa shape index (κ2) is 7.32.